The summed E-state index contributed by atoms with van der Waals surface area (Å²) in [6.45, 7) is 0.0873. The average Bonchev–Trinajstić information content (AvgIpc) is 3.00. The fourth-order valence-corrected chi connectivity index (χ4v) is 4.24. The Morgan fingerprint density at radius 3 is 2.38 bits per heavy atom. The molecular formula is C15H18ClNO5S2. The number of methoxy groups -OCH3 is 3. The van der Waals surface area contributed by atoms with Gasteiger partial charge in [-0.25, -0.2) is 13.1 Å². The molecule has 0 bridgehead atoms. The van der Waals surface area contributed by atoms with Crippen molar-refractivity contribution in [1.82, 2.24) is 4.72 Å². The van der Waals surface area contributed by atoms with Crippen molar-refractivity contribution in [1.29, 1.82) is 0 Å². The van der Waals surface area contributed by atoms with Gasteiger partial charge in [0.1, 0.15) is 6.10 Å². The van der Waals surface area contributed by atoms with Crippen LogP contribution in [0.1, 0.15) is 11.0 Å². The van der Waals surface area contributed by atoms with E-state index in [0.717, 1.165) is 4.88 Å². The fourth-order valence-electron chi connectivity index (χ4n) is 2.05. The Balaban J connectivity index is 2.16. The number of sulfonamides is 1. The smallest absolute Gasteiger partial charge is 0.240 e. The lowest BCUT2D eigenvalue weighted by molar-refractivity contribution is 0.110. The van der Waals surface area contributed by atoms with Crippen molar-refractivity contribution in [3.05, 3.63) is 39.5 Å². The minimum Gasteiger partial charge on any atom is -0.493 e. The maximum absolute atomic E-state index is 12.5. The Morgan fingerprint density at radius 2 is 1.83 bits per heavy atom. The van der Waals surface area contributed by atoms with E-state index in [-0.39, 0.29) is 11.4 Å². The van der Waals surface area contributed by atoms with E-state index in [2.05, 4.69) is 4.72 Å². The molecule has 0 fully saturated rings. The summed E-state index contributed by atoms with van der Waals surface area (Å²) in [6, 6.07) is 7.96. The van der Waals surface area contributed by atoms with Gasteiger partial charge in [0.2, 0.25) is 10.0 Å². The molecule has 0 saturated carbocycles. The number of thiophene rings is 1. The zero-order valence-electron chi connectivity index (χ0n) is 13.4. The number of hydrogen-bond donors (Lipinski definition) is 1. The second kappa shape index (κ2) is 8.17. The van der Waals surface area contributed by atoms with Crippen molar-refractivity contribution < 1.29 is 22.6 Å². The minimum atomic E-state index is -3.72. The lowest BCUT2D eigenvalue weighted by Gasteiger charge is -2.15. The molecule has 2 aromatic rings. The van der Waals surface area contributed by atoms with Gasteiger partial charge >= 0.3 is 0 Å². The predicted molar refractivity (Wildman–Crippen MR) is 93.8 cm³/mol. The van der Waals surface area contributed by atoms with E-state index in [1.165, 1.54) is 44.8 Å². The van der Waals surface area contributed by atoms with Gasteiger partial charge in [-0.05, 0) is 24.3 Å². The van der Waals surface area contributed by atoms with E-state index < -0.39 is 16.1 Å². The highest BCUT2D eigenvalue weighted by atomic mass is 35.5. The van der Waals surface area contributed by atoms with E-state index in [4.69, 9.17) is 25.8 Å². The molecule has 0 spiro atoms. The van der Waals surface area contributed by atoms with Crippen molar-refractivity contribution in [3.63, 3.8) is 0 Å². The number of rotatable bonds is 8. The largest absolute Gasteiger partial charge is 0.493 e. The Morgan fingerprint density at radius 1 is 1.12 bits per heavy atom. The minimum absolute atomic E-state index is 0.0826. The highest BCUT2D eigenvalue weighted by molar-refractivity contribution is 7.89. The predicted octanol–water partition coefficient (Wildman–Crippen LogP) is 3.08. The molecule has 1 aromatic carbocycles. The third-order valence-corrected chi connectivity index (χ3v) is 6.06. The van der Waals surface area contributed by atoms with E-state index >= 15 is 0 Å². The van der Waals surface area contributed by atoms with Gasteiger partial charge < -0.3 is 14.2 Å². The Hall–Kier alpha value is -1.32. The molecule has 1 unspecified atom stereocenters. The lowest BCUT2D eigenvalue weighted by atomic mass is 10.3. The number of ether oxygens (including phenoxy) is 3. The Bertz CT molecular complexity index is 791. The SMILES string of the molecule is COc1ccc(S(=O)(=O)NCC(OC)c2ccc(Cl)s2)cc1OC. The molecule has 132 valence electrons. The maximum atomic E-state index is 12.5. The first-order valence-electron chi connectivity index (χ1n) is 6.91. The molecule has 0 saturated heterocycles. The quantitative estimate of drug-likeness (QED) is 0.748. The standard InChI is InChI=1S/C15H18ClNO5S2/c1-20-11-5-4-10(8-12(11)21-2)24(18,19)17-9-13(22-3)14-6-7-15(16)23-14/h4-8,13,17H,9H2,1-3H3. The van der Waals surface area contributed by atoms with Crippen molar-refractivity contribution in [3.8, 4) is 11.5 Å². The fraction of sp³-hybridized carbons (Fsp3) is 0.333. The van der Waals surface area contributed by atoms with Crippen LogP contribution in [-0.4, -0.2) is 36.3 Å². The zero-order valence-corrected chi connectivity index (χ0v) is 15.8. The molecule has 0 aliphatic rings. The van der Waals surface area contributed by atoms with Crippen LogP contribution in [-0.2, 0) is 14.8 Å². The number of nitrogens with one attached hydrogen (secondary N) is 1. The molecule has 0 amide bonds. The first-order valence-corrected chi connectivity index (χ1v) is 9.58. The summed E-state index contributed by atoms with van der Waals surface area (Å²) in [5.41, 5.74) is 0. The van der Waals surface area contributed by atoms with Crippen LogP contribution in [0.15, 0.2) is 35.2 Å². The van der Waals surface area contributed by atoms with Gasteiger partial charge in [0.25, 0.3) is 0 Å². The summed E-state index contributed by atoms with van der Waals surface area (Å²) >= 11 is 7.25. The molecule has 9 heteroatoms. The second-order valence-electron chi connectivity index (χ2n) is 4.73. The van der Waals surface area contributed by atoms with Crippen molar-refractivity contribution in [2.45, 2.75) is 11.0 Å². The lowest BCUT2D eigenvalue weighted by Crippen LogP contribution is -2.29. The number of hydrogen-bond acceptors (Lipinski definition) is 6. The molecule has 0 radical (unpaired) electrons. The highest BCUT2D eigenvalue weighted by Gasteiger charge is 2.20. The summed E-state index contributed by atoms with van der Waals surface area (Å²) in [4.78, 5) is 0.928. The molecule has 0 aliphatic carbocycles. The van der Waals surface area contributed by atoms with Crippen molar-refractivity contribution in [2.24, 2.45) is 0 Å². The first kappa shape index (κ1) is 19.0. The van der Waals surface area contributed by atoms with Crippen LogP contribution in [0.2, 0.25) is 4.34 Å². The zero-order chi connectivity index (χ0) is 17.7. The molecule has 1 aromatic heterocycles. The van der Waals surface area contributed by atoms with Crippen LogP contribution in [0, 0.1) is 0 Å². The second-order valence-corrected chi connectivity index (χ2v) is 8.25. The van der Waals surface area contributed by atoms with Gasteiger partial charge in [-0.1, -0.05) is 11.6 Å². The molecule has 2 rings (SSSR count). The molecule has 1 N–H and O–H groups in total. The van der Waals surface area contributed by atoms with E-state index in [1.54, 1.807) is 12.1 Å². The van der Waals surface area contributed by atoms with Crippen LogP contribution in [0.5, 0.6) is 11.5 Å². The van der Waals surface area contributed by atoms with Crippen LogP contribution in [0.3, 0.4) is 0 Å². The van der Waals surface area contributed by atoms with Gasteiger partial charge in [0, 0.05) is 24.6 Å². The maximum Gasteiger partial charge on any atom is 0.240 e. The van der Waals surface area contributed by atoms with Crippen LogP contribution < -0.4 is 14.2 Å². The summed E-state index contributed by atoms with van der Waals surface area (Å²) in [7, 11) is 0.732. The van der Waals surface area contributed by atoms with Gasteiger partial charge in [-0.15, -0.1) is 11.3 Å². The number of halogens is 1. The van der Waals surface area contributed by atoms with Gasteiger partial charge in [-0.2, -0.15) is 0 Å². The van der Waals surface area contributed by atoms with Crippen LogP contribution in [0.25, 0.3) is 0 Å². The van der Waals surface area contributed by atoms with E-state index in [9.17, 15) is 8.42 Å². The summed E-state index contributed by atoms with van der Waals surface area (Å²) < 4.78 is 43.7. The molecule has 1 heterocycles. The van der Waals surface area contributed by atoms with E-state index in [1.807, 2.05) is 6.07 Å². The topological polar surface area (TPSA) is 73.9 Å². The third-order valence-electron chi connectivity index (χ3n) is 3.32. The molecule has 0 aliphatic heterocycles. The van der Waals surface area contributed by atoms with Gasteiger partial charge in [0.15, 0.2) is 11.5 Å². The van der Waals surface area contributed by atoms with Gasteiger partial charge in [-0.3, -0.25) is 0 Å². The Labute approximate surface area is 150 Å². The van der Waals surface area contributed by atoms with Crippen molar-refractivity contribution in [2.75, 3.05) is 27.9 Å². The van der Waals surface area contributed by atoms with Crippen LogP contribution >= 0.6 is 22.9 Å². The van der Waals surface area contributed by atoms with Gasteiger partial charge in [0.05, 0.1) is 23.5 Å². The Kier molecular flexibility index (Phi) is 6.47. The summed E-state index contributed by atoms with van der Waals surface area (Å²) in [6.07, 6.45) is -0.419. The summed E-state index contributed by atoms with van der Waals surface area (Å²) in [5.74, 6) is 0.799. The monoisotopic (exact) mass is 391 g/mol. The number of benzene rings is 1. The first-order chi connectivity index (χ1) is 11.4. The molecule has 24 heavy (non-hydrogen) atoms. The molecule has 1 atom stereocenters. The highest BCUT2D eigenvalue weighted by Crippen LogP contribution is 2.30. The summed E-state index contributed by atoms with van der Waals surface area (Å²) in [5, 5.41) is 0. The molecule has 6 nitrogen and oxygen atoms in total. The van der Waals surface area contributed by atoms with E-state index in [0.29, 0.717) is 15.8 Å². The normalized spacial score (nSPS) is 12.8. The van der Waals surface area contributed by atoms with Crippen LogP contribution in [0.4, 0.5) is 0 Å². The average molecular weight is 392 g/mol. The van der Waals surface area contributed by atoms with Crippen molar-refractivity contribution >= 4 is 33.0 Å². The third kappa shape index (κ3) is 4.40. The molecular weight excluding hydrogens is 374 g/mol.